The van der Waals surface area contributed by atoms with Crippen molar-refractivity contribution < 1.29 is 4.39 Å². The third-order valence-electron chi connectivity index (χ3n) is 3.40. The van der Waals surface area contributed by atoms with Crippen LogP contribution in [0.15, 0.2) is 18.2 Å². The fourth-order valence-electron chi connectivity index (χ4n) is 2.33. The highest BCUT2D eigenvalue weighted by Gasteiger charge is 2.21. The lowest BCUT2D eigenvalue weighted by molar-refractivity contribution is 0.317. The molecule has 0 spiro atoms. The van der Waals surface area contributed by atoms with Gasteiger partial charge in [-0.15, -0.1) is 0 Å². The van der Waals surface area contributed by atoms with Crippen LogP contribution in [0.2, 0.25) is 0 Å². The maximum atomic E-state index is 12.9. The van der Waals surface area contributed by atoms with Crippen molar-refractivity contribution in [2.24, 2.45) is 11.7 Å². The van der Waals surface area contributed by atoms with Gasteiger partial charge in [0.15, 0.2) is 0 Å². The summed E-state index contributed by atoms with van der Waals surface area (Å²) >= 11 is 0. The Kier molecular flexibility index (Phi) is 3.56. The lowest BCUT2D eigenvalue weighted by Gasteiger charge is -2.17. The van der Waals surface area contributed by atoms with Gasteiger partial charge in [0.1, 0.15) is 5.82 Å². The third kappa shape index (κ3) is 2.60. The molecule has 3 heteroatoms. The van der Waals surface area contributed by atoms with E-state index in [1.54, 1.807) is 12.1 Å². The number of nitrogens with two attached hydrogens (primary N) is 1. The summed E-state index contributed by atoms with van der Waals surface area (Å²) in [6.07, 6.45) is 1.19. The quantitative estimate of drug-likeness (QED) is 0.846. The molecule has 0 aromatic heterocycles. The molecule has 2 nitrogen and oxygen atoms in total. The van der Waals surface area contributed by atoms with Crippen molar-refractivity contribution in [1.82, 2.24) is 4.90 Å². The second-order valence-electron chi connectivity index (χ2n) is 4.70. The summed E-state index contributed by atoms with van der Waals surface area (Å²) in [4.78, 5) is 2.40. The zero-order valence-corrected chi connectivity index (χ0v) is 9.75. The number of likely N-dealkylation sites (tertiary alicyclic amines) is 1. The topological polar surface area (TPSA) is 29.3 Å². The maximum Gasteiger partial charge on any atom is 0.123 e. The Morgan fingerprint density at radius 2 is 2.31 bits per heavy atom. The number of nitrogens with zero attached hydrogens (tertiary/aromatic N) is 1. The zero-order valence-electron chi connectivity index (χ0n) is 9.75. The lowest BCUT2D eigenvalue weighted by atomic mass is 10.1. The third-order valence-corrected chi connectivity index (χ3v) is 3.40. The van der Waals surface area contributed by atoms with Crippen molar-refractivity contribution in [3.63, 3.8) is 0 Å². The molecule has 1 saturated heterocycles. The van der Waals surface area contributed by atoms with Gasteiger partial charge in [0, 0.05) is 13.1 Å². The first-order valence-corrected chi connectivity index (χ1v) is 5.86. The van der Waals surface area contributed by atoms with Crippen molar-refractivity contribution in [3.05, 3.63) is 35.1 Å². The SMILES string of the molecule is Cc1cc(F)ccc1CN1CCC(CN)C1. The van der Waals surface area contributed by atoms with Gasteiger partial charge in [-0.2, -0.15) is 0 Å². The minimum atomic E-state index is -0.150. The number of halogens is 1. The van der Waals surface area contributed by atoms with Gasteiger partial charge in [-0.3, -0.25) is 4.90 Å². The molecule has 1 fully saturated rings. The van der Waals surface area contributed by atoms with Crippen LogP contribution in [0.5, 0.6) is 0 Å². The summed E-state index contributed by atoms with van der Waals surface area (Å²) < 4.78 is 12.9. The van der Waals surface area contributed by atoms with Crippen molar-refractivity contribution >= 4 is 0 Å². The Labute approximate surface area is 96.2 Å². The first-order chi connectivity index (χ1) is 7.69. The molecule has 1 heterocycles. The van der Waals surface area contributed by atoms with Gasteiger partial charge in [0.05, 0.1) is 0 Å². The van der Waals surface area contributed by atoms with Gasteiger partial charge in [0.2, 0.25) is 0 Å². The van der Waals surface area contributed by atoms with Crippen molar-refractivity contribution in [3.8, 4) is 0 Å². The van der Waals surface area contributed by atoms with E-state index in [4.69, 9.17) is 5.73 Å². The van der Waals surface area contributed by atoms with Crippen LogP contribution in [-0.2, 0) is 6.54 Å². The van der Waals surface area contributed by atoms with Gasteiger partial charge >= 0.3 is 0 Å². The highest BCUT2D eigenvalue weighted by Crippen LogP contribution is 2.19. The molecule has 1 atom stereocenters. The minimum absolute atomic E-state index is 0.150. The Morgan fingerprint density at radius 3 is 2.94 bits per heavy atom. The molecule has 16 heavy (non-hydrogen) atoms. The molecule has 1 aromatic carbocycles. The molecular weight excluding hydrogens is 203 g/mol. The predicted molar refractivity (Wildman–Crippen MR) is 63.6 cm³/mol. The van der Waals surface area contributed by atoms with E-state index in [-0.39, 0.29) is 5.82 Å². The molecule has 0 aliphatic carbocycles. The molecule has 0 amide bonds. The molecule has 2 rings (SSSR count). The second kappa shape index (κ2) is 4.93. The highest BCUT2D eigenvalue weighted by atomic mass is 19.1. The van der Waals surface area contributed by atoms with Crippen LogP contribution in [0, 0.1) is 18.7 Å². The van der Waals surface area contributed by atoms with Gasteiger partial charge in [-0.25, -0.2) is 4.39 Å². The van der Waals surface area contributed by atoms with Crippen LogP contribution in [0.25, 0.3) is 0 Å². The number of benzene rings is 1. The van der Waals surface area contributed by atoms with E-state index in [0.717, 1.165) is 31.7 Å². The second-order valence-corrected chi connectivity index (χ2v) is 4.70. The molecule has 0 bridgehead atoms. The van der Waals surface area contributed by atoms with Crippen LogP contribution >= 0.6 is 0 Å². The molecule has 1 unspecified atom stereocenters. The van der Waals surface area contributed by atoms with E-state index in [1.165, 1.54) is 12.0 Å². The normalized spacial score (nSPS) is 21.6. The molecule has 1 aromatic rings. The minimum Gasteiger partial charge on any atom is -0.330 e. The van der Waals surface area contributed by atoms with E-state index in [2.05, 4.69) is 4.90 Å². The number of rotatable bonds is 3. The standard InChI is InChI=1S/C13H19FN2/c1-10-6-13(14)3-2-12(10)9-16-5-4-11(7-15)8-16/h2-3,6,11H,4-5,7-9,15H2,1H3. The largest absolute Gasteiger partial charge is 0.330 e. The first kappa shape index (κ1) is 11.6. The lowest BCUT2D eigenvalue weighted by Crippen LogP contribution is -2.23. The molecule has 2 N–H and O–H groups in total. The van der Waals surface area contributed by atoms with E-state index in [0.29, 0.717) is 5.92 Å². The first-order valence-electron chi connectivity index (χ1n) is 5.86. The van der Waals surface area contributed by atoms with Crippen LogP contribution < -0.4 is 5.73 Å². The Bertz CT molecular complexity index is 365. The highest BCUT2D eigenvalue weighted by molar-refractivity contribution is 5.26. The molecular formula is C13H19FN2. The maximum absolute atomic E-state index is 12.9. The van der Waals surface area contributed by atoms with E-state index in [9.17, 15) is 4.39 Å². The van der Waals surface area contributed by atoms with E-state index < -0.39 is 0 Å². The monoisotopic (exact) mass is 222 g/mol. The molecule has 88 valence electrons. The zero-order chi connectivity index (χ0) is 11.5. The van der Waals surface area contributed by atoms with Gasteiger partial charge in [-0.1, -0.05) is 6.07 Å². The van der Waals surface area contributed by atoms with Crippen LogP contribution in [0.1, 0.15) is 17.5 Å². The number of hydrogen-bond acceptors (Lipinski definition) is 2. The Morgan fingerprint density at radius 1 is 1.50 bits per heavy atom. The summed E-state index contributed by atoms with van der Waals surface area (Å²) in [7, 11) is 0. The molecule has 0 radical (unpaired) electrons. The summed E-state index contributed by atoms with van der Waals surface area (Å²) in [6, 6.07) is 5.03. The summed E-state index contributed by atoms with van der Waals surface area (Å²) in [6.45, 7) is 5.85. The molecule has 1 aliphatic heterocycles. The van der Waals surface area contributed by atoms with Crippen molar-refractivity contribution in [1.29, 1.82) is 0 Å². The Balaban J connectivity index is 1.99. The van der Waals surface area contributed by atoms with Gasteiger partial charge in [0.25, 0.3) is 0 Å². The van der Waals surface area contributed by atoms with Crippen molar-refractivity contribution in [2.45, 2.75) is 19.9 Å². The van der Waals surface area contributed by atoms with Crippen LogP contribution in [-0.4, -0.2) is 24.5 Å². The summed E-state index contributed by atoms with van der Waals surface area (Å²) in [5.74, 6) is 0.489. The summed E-state index contributed by atoms with van der Waals surface area (Å²) in [5.41, 5.74) is 7.92. The summed E-state index contributed by atoms with van der Waals surface area (Å²) in [5, 5.41) is 0. The number of hydrogen-bond donors (Lipinski definition) is 1. The fraction of sp³-hybridized carbons (Fsp3) is 0.538. The fourth-order valence-corrected chi connectivity index (χ4v) is 2.33. The average molecular weight is 222 g/mol. The average Bonchev–Trinajstić information content (AvgIpc) is 2.70. The molecule has 1 aliphatic rings. The number of aryl methyl sites for hydroxylation is 1. The van der Waals surface area contributed by atoms with E-state index >= 15 is 0 Å². The van der Waals surface area contributed by atoms with Crippen LogP contribution in [0.4, 0.5) is 4.39 Å². The van der Waals surface area contributed by atoms with Gasteiger partial charge < -0.3 is 5.73 Å². The van der Waals surface area contributed by atoms with Gasteiger partial charge in [-0.05, 0) is 55.6 Å². The molecule has 0 saturated carbocycles. The predicted octanol–water partition coefficient (Wildman–Crippen LogP) is 1.91. The van der Waals surface area contributed by atoms with Crippen LogP contribution in [0.3, 0.4) is 0 Å². The Hall–Kier alpha value is -0.930. The van der Waals surface area contributed by atoms with Crippen molar-refractivity contribution in [2.75, 3.05) is 19.6 Å². The van der Waals surface area contributed by atoms with E-state index in [1.807, 2.05) is 13.0 Å². The smallest absolute Gasteiger partial charge is 0.123 e.